The number of pyridine rings is 1. The Hall–Kier alpha value is -2.99. The molecule has 25 heavy (non-hydrogen) atoms. The van der Waals surface area contributed by atoms with E-state index in [1.807, 2.05) is 30.9 Å². The monoisotopic (exact) mass is 335 g/mol. The van der Waals surface area contributed by atoms with Crippen molar-refractivity contribution in [2.45, 2.75) is 6.54 Å². The van der Waals surface area contributed by atoms with E-state index in [4.69, 9.17) is 4.98 Å². The molecule has 0 saturated carbocycles. The van der Waals surface area contributed by atoms with Crippen molar-refractivity contribution in [3.05, 3.63) is 66.4 Å². The van der Waals surface area contributed by atoms with Crippen molar-refractivity contribution in [3.63, 3.8) is 0 Å². The van der Waals surface area contributed by atoms with Gasteiger partial charge in [0, 0.05) is 30.1 Å². The van der Waals surface area contributed by atoms with Crippen LogP contribution in [-0.2, 0) is 6.54 Å². The van der Waals surface area contributed by atoms with Crippen LogP contribution in [0, 0.1) is 5.82 Å². The summed E-state index contributed by atoms with van der Waals surface area (Å²) in [6.07, 6.45) is 5.63. The summed E-state index contributed by atoms with van der Waals surface area (Å²) in [5, 5.41) is 6.91. The molecule has 0 aliphatic rings. The zero-order chi connectivity index (χ0) is 17.4. The average Bonchev–Trinajstić information content (AvgIpc) is 3.21. The van der Waals surface area contributed by atoms with Crippen molar-refractivity contribution in [3.8, 4) is 22.5 Å². The van der Waals surface area contributed by atoms with Gasteiger partial charge in [-0.05, 0) is 56.1 Å². The van der Waals surface area contributed by atoms with Crippen molar-refractivity contribution >= 4 is 5.65 Å². The first-order valence-electron chi connectivity index (χ1n) is 8.02. The summed E-state index contributed by atoms with van der Waals surface area (Å²) in [6, 6.07) is 10.6. The first-order chi connectivity index (χ1) is 12.1. The van der Waals surface area contributed by atoms with Gasteiger partial charge in [-0.1, -0.05) is 0 Å². The maximum atomic E-state index is 13.3. The molecule has 0 unspecified atom stereocenters. The van der Waals surface area contributed by atoms with E-state index in [-0.39, 0.29) is 5.82 Å². The van der Waals surface area contributed by atoms with E-state index < -0.39 is 0 Å². The minimum atomic E-state index is -0.259. The van der Waals surface area contributed by atoms with Crippen LogP contribution < -0.4 is 0 Å². The summed E-state index contributed by atoms with van der Waals surface area (Å²) in [5.41, 5.74) is 5.60. The molecule has 3 aromatic heterocycles. The van der Waals surface area contributed by atoms with Gasteiger partial charge in [0.1, 0.15) is 11.5 Å². The van der Waals surface area contributed by atoms with Gasteiger partial charge in [0.05, 0.1) is 17.6 Å². The number of halogens is 1. The molecule has 126 valence electrons. The van der Waals surface area contributed by atoms with Gasteiger partial charge in [-0.15, -0.1) is 0 Å². The highest BCUT2D eigenvalue weighted by Gasteiger charge is 2.17. The van der Waals surface area contributed by atoms with Gasteiger partial charge in [0.2, 0.25) is 0 Å². The molecule has 0 saturated heterocycles. The molecule has 0 aliphatic carbocycles. The molecule has 0 atom stereocenters. The third-order valence-electron chi connectivity index (χ3n) is 4.08. The smallest absolute Gasteiger partial charge is 0.138 e. The second-order valence-electron chi connectivity index (χ2n) is 6.30. The fourth-order valence-electron chi connectivity index (χ4n) is 3.02. The van der Waals surface area contributed by atoms with Crippen LogP contribution in [0.4, 0.5) is 4.39 Å². The number of aromatic amines is 1. The molecular weight excluding hydrogens is 317 g/mol. The van der Waals surface area contributed by atoms with Crippen LogP contribution in [0.15, 0.2) is 55.0 Å². The number of nitrogens with zero attached hydrogens (tertiary/aromatic N) is 4. The molecule has 4 aromatic rings. The number of imidazole rings is 1. The van der Waals surface area contributed by atoms with Crippen LogP contribution in [-0.4, -0.2) is 38.6 Å². The average molecular weight is 335 g/mol. The van der Waals surface area contributed by atoms with Gasteiger partial charge in [0.15, 0.2) is 0 Å². The first kappa shape index (κ1) is 15.5. The Morgan fingerprint density at radius 3 is 2.60 bits per heavy atom. The van der Waals surface area contributed by atoms with Gasteiger partial charge < -0.3 is 4.90 Å². The van der Waals surface area contributed by atoms with Crippen LogP contribution >= 0.6 is 0 Å². The maximum absolute atomic E-state index is 13.3. The highest BCUT2D eigenvalue weighted by atomic mass is 19.1. The minimum absolute atomic E-state index is 0.259. The second kappa shape index (κ2) is 6.14. The van der Waals surface area contributed by atoms with E-state index >= 15 is 0 Å². The van der Waals surface area contributed by atoms with E-state index in [0.717, 1.165) is 34.7 Å². The Balaban J connectivity index is 1.93. The number of rotatable bonds is 4. The summed E-state index contributed by atoms with van der Waals surface area (Å²) in [5.74, 6) is -0.259. The van der Waals surface area contributed by atoms with Crippen molar-refractivity contribution in [2.24, 2.45) is 0 Å². The van der Waals surface area contributed by atoms with E-state index in [1.165, 1.54) is 17.7 Å². The number of nitrogens with one attached hydrogen (secondary N) is 1. The quantitative estimate of drug-likeness (QED) is 0.620. The van der Waals surface area contributed by atoms with Crippen LogP contribution in [0.5, 0.6) is 0 Å². The van der Waals surface area contributed by atoms with Crippen LogP contribution in [0.1, 0.15) is 5.56 Å². The van der Waals surface area contributed by atoms with Crippen LogP contribution in [0.25, 0.3) is 28.2 Å². The van der Waals surface area contributed by atoms with Gasteiger partial charge in [-0.3, -0.25) is 9.50 Å². The lowest BCUT2D eigenvalue weighted by Crippen LogP contribution is -2.10. The largest absolute Gasteiger partial charge is 0.305 e. The highest BCUT2D eigenvalue weighted by molar-refractivity contribution is 5.81. The van der Waals surface area contributed by atoms with Gasteiger partial charge in [-0.25, -0.2) is 9.37 Å². The summed E-state index contributed by atoms with van der Waals surface area (Å²) >= 11 is 0. The van der Waals surface area contributed by atoms with E-state index in [9.17, 15) is 4.39 Å². The van der Waals surface area contributed by atoms with Crippen molar-refractivity contribution < 1.29 is 4.39 Å². The van der Waals surface area contributed by atoms with Gasteiger partial charge >= 0.3 is 0 Å². The fraction of sp³-hybridized carbons (Fsp3) is 0.158. The number of aromatic nitrogens is 4. The normalized spacial score (nSPS) is 11.5. The molecule has 0 fully saturated rings. The third kappa shape index (κ3) is 2.92. The highest BCUT2D eigenvalue weighted by Crippen LogP contribution is 2.32. The molecule has 0 spiro atoms. The van der Waals surface area contributed by atoms with Crippen molar-refractivity contribution in [1.29, 1.82) is 0 Å². The molecule has 0 bridgehead atoms. The van der Waals surface area contributed by atoms with E-state index in [2.05, 4.69) is 27.2 Å². The summed E-state index contributed by atoms with van der Waals surface area (Å²) in [6.45, 7) is 0.844. The van der Waals surface area contributed by atoms with E-state index in [0.29, 0.717) is 0 Å². The lowest BCUT2D eigenvalue weighted by molar-refractivity contribution is 0.402. The molecule has 3 heterocycles. The number of hydrogen-bond donors (Lipinski definition) is 1. The number of hydrogen-bond acceptors (Lipinski definition) is 3. The Kier molecular flexibility index (Phi) is 3.82. The van der Waals surface area contributed by atoms with Crippen molar-refractivity contribution in [2.75, 3.05) is 14.1 Å². The summed E-state index contributed by atoms with van der Waals surface area (Å²) in [4.78, 5) is 6.93. The molecule has 0 radical (unpaired) electrons. The van der Waals surface area contributed by atoms with E-state index in [1.54, 1.807) is 18.3 Å². The summed E-state index contributed by atoms with van der Waals surface area (Å²) < 4.78 is 15.4. The number of fused-ring (bicyclic) bond motifs is 1. The zero-order valence-corrected chi connectivity index (χ0v) is 14.1. The zero-order valence-electron chi connectivity index (χ0n) is 14.1. The van der Waals surface area contributed by atoms with Crippen molar-refractivity contribution in [1.82, 2.24) is 24.5 Å². The Morgan fingerprint density at radius 2 is 1.92 bits per heavy atom. The minimum Gasteiger partial charge on any atom is -0.305 e. The standard InChI is InChI=1S/C19H18FN5/c1-24(2)12-13-7-8-25-17(9-13)23-18(14-3-5-16(20)6-4-14)19(25)15-10-21-22-11-15/h3-11H,12H2,1-2H3,(H,21,22). The first-order valence-corrected chi connectivity index (χ1v) is 8.02. The Labute approximate surface area is 144 Å². The number of H-pyrrole nitrogens is 1. The topological polar surface area (TPSA) is 49.2 Å². The predicted octanol–water partition coefficient (Wildman–Crippen LogP) is 3.59. The predicted molar refractivity (Wildman–Crippen MR) is 95.6 cm³/mol. The second-order valence-corrected chi connectivity index (χ2v) is 6.30. The molecule has 0 aliphatic heterocycles. The third-order valence-corrected chi connectivity index (χ3v) is 4.08. The molecular formula is C19H18FN5. The van der Waals surface area contributed by atoms with Crippen LogP contribution in [0.3, 0.4) is 0 Å². The molecule has 1 aromatic carbocycles. The molecule has 4 rings (SSSR count). The SMILES string of the molecule is CN(C)Cc1ccn2c(-c3cn[nH]c3)c(-c3ccc(F)cc3)nc2c1. The molecule has 6 heteroatoms. The Bertz CT molecular complexity index is 1000. The van der Waals surface area contributed by atoms with Crippen LogP contribution in [0.2, 0.25) is 0 Å². The maximum Gasteiger partial charge on any atom is 0.138 e. The lowest BCUT2D eigenvalue weighted by Gasteiger charge is -2.09. The van der Waals surface area contributed by atoms with Gasteiger partial charge in [0.25, 0.3) is 0 Å². The molecule has 1 N–H and O–H groups in total. The van der Waals surface area contributed by atoms with Gasteiger partial charge in [-0.2, -0.15) is 5.10 Å². The fourth-order valence-corrected chi connectivity index (χ4v) is 3.02. The Morgan fingerprint density at radius 1 is 1.12 bits per heavy atom. The number of benzene rings is 1. The molecule has 0 amide bonds. The molecule has 5 nitrogen and oxygen atoms in total. The summed E-state index contributed by atoms with van der Waals surface area (Å²) in [7, 11) is 4.08. The lowest BCUT2D eigenvalue weighted by atomic mass is 10.1.